The van der Waals surface area contributed by atoms with Crippen LogP contribution < -0.4 is 5.32 Å². The molecule has 0 saturated carbocycles. The molecule has 1 saturated heterocycles. The molecule has 1 aliphatic heterocycles. The van der Waals surface area contributed by atoms with E-state index in [1.807, 2.05) is 12.4 Å². The first kappa shape index (κ1) is 14.2. The maximum Gasteiger partial charge on any atom is 0.0295 e. The van der Waals surface area contributed by atoms with E-state index in [-0.39, 0.29) is 0 Å². The zero-order chi connectivity index (χ0) is 12.6. The van der Waals surface area contributed by atoms with Gasteiger partial charge in [-0.2, -0.15) is 23.5 Å². The van der Waals surface area contributed by atoms with Gasteiger partial charge in [0.15, 0.2) is 0 Å². The van der Waals surface area contributed by atoms with Gasteiger partial charge in [0.2, 0.25) is 0 Å². The van der Waals surface area contributed by atoms with E-state index in [2.05, 4.69) is 52.9 Å². The van der Waals surface area contributed by atoms with Crippen LogP contribution in [0.4, 0.5) is 0 Å². The van der Waals surface area contributed by atoms with E-state index in [4.69, 9.17) is 0 Å². The van der Waals surface area contributed by atoms with Crippen LogP contribution in [-0.2, 0) is 6.42 Å². The summed E-state index contributed by atoms with van der Waals surface area (Å²) in [4.78, 5) is 4.10. The Balaban J connectivity index is 1.95. The summed E-state index contributed by atoms with van der Waals surface area (Å²) in [5.41, 5.74) is 1.40. The zero-order valence-corrected chi connectivity index (χ0v) is 12.6. The van der Waals surface area contributed by atoms with Gasteiger partial charge < -0.3 is 5.32 Å². The molecule has 1 aliphatic rings. The number of pyridine rings is 1. The molecule has 18 heavy (non-hydrogen) atoms. The van der Waals surface area contributed by atoms with E-state index in [9.17, 15) is 0 Å². The molecule has 2 heterocycles. The molecule has 0 amide bonds. The Labute approximate surface area is 119 Å². The highest BCUT2D eigenvalue weighted by Crippen LogP contribution is 2.27. The van der Waals surface area contributed by atoms with Crippen molar-refractivity contribution in [2.75, 3.05) is 23.8 Å². The number of hydrogen-bond acceptors (Lipinski definition) is 4. The molecular formula is C14H22N2S2. The number of hydrogen-bond donors (Lipinski definition) is 1. The lowest BCUT2D eigenvalue weighted by Crippen LogP contribution is -2.43. The molecule has 2 unspecified atom stereocenters. The summed E-state index contributed by atoms with van der Waals surface area (Å²) >= 11 is 4.24. The van der Waals surface area contributed by atoms with E-state index in [1.54, 1.807) is 0 Å². The van der Waals surface area contributed by atoms with Gasteiger partial charge >= 0.3 is 0 Å². The third kappa shape index (κ3) is 4.48. The fourth-order valence-electron chi connectivity index (χ4n) is 2.18. The minimum Gasteiger partial charge on any atom is -0.313 e. The van der Waals surface area contributed by atoms with E-state index in [0.29, 0.717) is 6.04 Å². The van der Waals surface area contributed by atoms with Gasteiger partial charge in [-0.1, -0.05) is 6.92 Å². The molecule has 2 nitrogen and oxygen atoms in total. The molecule has 0 radical (unpaired) electrons. The standard InChI is InChI=1S/C14H22N2S2/c1-2-5-16-13(14-11-17-8-9-18-14)10-12-3-6-15-7-4-12/h3-4,6-7,13-14,16H,2,5,8-11H2,1H3. The average molecular weight is 282 g/mol. The largest absolute Gasteiger partial charge is 0.313 e. The highest BCUT2D eigenvalue weighted by molar-refractivity contribution is 8.06. The summed E-state index contributed by atoms with van der Waals surface area (Å²) in [6.07, 6.45) is 6.13. The second-order valence-corrected chi connectivity index (χ2v) is 7.10. The third-order valence-electron chi connectivity index (χ3n) is 3.15. The van der Waals surface area contributed by atoms with Crippen molar-refractivity contribution < 1.29 is 0 Å². The van der Waals surface area contributed by atoms with Gasteiger partial charge in [0.1, 0.15) is 0 Å². The Kier molecular flexibility index (Phi) is 6.38. The molecule has 4 heteroatoms. The maximum absolute atomic E-state index is 4.10. The average Bonchev–Trinajstić information content (AvgIpc) is 2.45. The fourth-order valence-corrected chi connectivity index (χ4v) is 5.06. The first-order chi connectivity index (χ1) is 8.90. The van der Waals surface area contributed by atoms with Crippen molar-refractivity contribution in [3.8, 4) is 0 Å². The molecule has 0 aliphatic carbocycles. The van der Waals surface area contributed by atoms with Crippen LogP contribution in [0.1, 0.15) is 18.9 Å². The van der Waals surface area contributed by atoms with Gasteiger partial charge in [0.05, 0.1) is 0 Å². The predicted molar refractivity (Wildman–Crippen MR) is 83.6 cm³/mol. The lowest BCUT2D eigenvalue weighted by molar-refractivity contribution is 0.505. The van der Waals surface area contributed by atoms with Crippen molar-refractivity contribution >= 4 is 23.5 Å². The number of nitrogens with one attached hydrogen (secondary N) is 1. The van der Waals surface area contributed by atoms with Crippen LogP contribution in [0.3, 0.4) is 0 Å². The normalized spacial score (nSPS) is 21.7. The van der Waals surface area contributed by atoms with Gasteiger partial charge in [-0.25, -0.2) is 0 Å². The van der Waals surface area contributed by atoms with Crippen molar-refractivity contribution in [3.05, 3.63) is 30.1 Å². The Hall–Kier alpha value is -0.190. The van der Waals surface area contributed by atoms with Crippen LogP contribution in [0.5, 0.6) is 0 Å². The van der Waals surface area contributed by atoms with Crippen LogP contribution in [0, 0.1) is 0 Å². The molecule has 2 atom stereocenters. The smallest absolute Gasteiger partial charge is 0.0295 e. The Morgan fingerprint density at radius 3 is 2.89 bits per heavy atom. The topological polar surface area (TPSA) is 24.9 Å². The van der Waals surface area contributed by atoms with Gasteiger partial charge in [0.25, 0.3) is 0 Å². The highest BCUT2D eigenvalue weighted by atomic mass is 32.2. The molecule has 1 aromatic rings. The molecule has 2 rings (SSSR count). The summed E-state index contributed by atoms with van der Waals surface area (Å²) in [6.45, 7) is 3.36. The first-order valence-corrected chi connectivity index (χ1v) is 8.92. The van der Waals surface area contributed by atoms with E-state index in [1.165, 1.54) is 29.2 Å². The molecule has 0 aromatic carbocycles. The fraction of sp³-hybridized carbons (Fsp3) is 0.643. The molecule has 1 fully saturated rings. The van der Waals surface area contributed by atoms with Gasteiger partial charge in [-0.15, -0.1) is 0 Å². The van der Waals surface area contributed by atoms with Gasteiger partial charge in [-0.05, 0) is 37.1 Å². The van der Waals surface area contributed by atoms with E-state index in [0.717, 1.165) is 18.2 Å². The molecule has 0 bridgehead atoms. The van der Waals surface area contributed by atoms with Gasteiger partial charge in [0, 0.05) is 40.9 Å². The van der Waals surface area contributed by atoms with Crippen molar-refractivity contribution in [1.82, 2.24) is 10.3 Å². The summed E-state index contributed by atoms with van der Waals surface area (Å²) in [5, 5.41) is 4.49. The summed E-state index contributed by atoms with van der Waals surface area (Å²) < 4.78 is 0. The summed E-state index contributed by atoms with van der Waals surface area (Å²) in [5.74, 6) is 3.91. The van der Waals surface area contributed by atoms with Crippen LogP contribution in [0.2, 0.25) is 0 Å². The molecular weight excluding hydrogens is 260 g/mol. The van der Waals surface area contributed by atoms with Crippen molar-refractivity contribution in [2.24, 2.45) is 0 Å². The Bertz CT molecular complexity index is 326. The summed E-state index contributed by atoms with van der Waals surface area (Å²) in [7, 11) is 0. The second-order valence-electron chi connectivity index (χ2n) is 4.60. The van der Waals surface area contributed by atoms with E-state index >= 15 is 0 Å². The molecule has 0 spiro atoms. The number of thioether (sulfide) groups is 2. The minimum absolute atomic E-state index is 0.602. The summed E-state index contributed by atoms with van der Waals surface area (Å²) in [6, 6.07) is 4.88. The van der Waals surface area contributed by atoms with Gasteiger partial charge in [-0.3, -0.25) is 4.98 Å². The van der Waals surface area contributed by atoms with Crippen LogP contribution in [0.15, 0.2) is 24.5 Å². The molecule has 100 valence electrons. The lowest BCUT2D eigenvalue weighted by atomic mass is 10.0. The maximum atomic E-state index is 4.10. The number of nitrogens with zero attached hydrogens (tertiary/aromatic N) is 1. The van der Waals surface area contributed by atoms with Crippen molar-refractivity contribution in [2.45, 2.75) is 31.1 Å². The Morgan fingerprint density at radius 1 is 1.39 bits per heavy atom. The third-order valence-corrected chi connectivity index (χ3v) is 6.07. The zero-order valence-electron chi connectivity index (χ0n) is 11.0. The minimum atomic E-state index is 0.602. The Morgan fingerprint density at radius 2 is 2.22 bits per heavy atom. The van der Waals surface area contributed by atoms with E-state index < -0.39 is 0 Å². The molecule has 1 N–H and O–H groups in total. The molecule has 1 aromatic heterocycles. The quantitative estimate of drug-likeness (QED) is 0.867. The monoisotopic (exact) mass is 282 g/mol. The second kappa shape index (κ2) is 8.08. The van der Waals surface area contributed by atoms with Crippen LogP contribution in [-0.4, -0.2) is 40.1 Å². The number of rotatable bonds is 6. The lowest BCUT2D eigenvalue weighted by Gasteiger charge is -2.30. The predicted octanol–water partition coefficient (Wildman–Crippen LogP) is 2.84. The highest BCUT2D eigenvalue weighted by Gasteiger charge is 2.24. The van der Waals surface area contributed by atoms with Crippen molar-refractivity contribution in [1.29, 1.82) is 0 Å². The van der Waals surface area contributed by atoms with Crippen LogP contribution in [0.25, 0.3) is 0 Å². The first-order valence-electron chi connectivity index (χ1n) is 6.71. The van der Waals surface area contributed by atoms with Crippen molar-refractivity contribution in [3.63, 3.8) is 0 Å². The number of aromatic nitrogens is 1. The van der Waals surface area contributed by atoms with Crippen LogP contribution >= 0.6 is 23.5 Å². The SMILES string of the molecule is CCCNC(Cc1ccncc1)C1CSCCS1.